The molecular formula is C20H24N2O4S. The third kappa shape index (κ3) is 4.95. The van der Waals surface area contributed by atoms with E-state index in [1.165, 1.54) is 13.8 Å². The van der Waals surface area contributed by atoms with Gasteiger partial charge in [-0.1, -0.05) is 24.3 Å². The Bertz CT molecular complexity index is 983. The summed E-state index contributed by atoms with van der Waals surface area (Å²) in [5.74, 6) is -0.602. The molecule has 0 saturated carbocycles. The summed E-state index contributed by atoms with van der Waals surface area (Å²) in [5.41, 5.74) is 3.02. The van der Waals surface area contributed by atoms with E-state index in [1.807, 2.05) is 19.1 Å². The van der Waals surface area contributed by atoms with Crippen LogP contribution in [0.15, 0.2) is 42.5 Å². The fourth-order valence-corrected chi connectivity index (χ4v) is 4.02. The SMILES string of the molecule is CC(=O)c1cccc(NC(=O)[C@@H](C)N(c2cc(C)ccc2C)S(C)(=O)=O)c1. The molecule has 0 saturated heterocycles. The maximum atomic E-state index is 12.7. The number of anilines is 2. The molecule has 27 heavy (non-hydrogen) atoms. The van der Waals surface area contributed by atoms with Gasteiger partial charge in [0.25, 0.3) is 0 Å². The largest absolute Gasteiger partial charge is 0.324 e. The number of nitrogens with one attached hydrogen (secondary N) is 1. The molecule has 0 spiro atoms. The molecule has 0 aliphatic rings. The highest BCUT2D eigenvalue weighted by atomic mass is 32.2. The van der Waals surface area contributed by atoms with Crippen molar-refractivity contribution >= 4 is 33.1 Å². The van der Waals surface area contributed by atoms with Gasteiger partial charge in [0.1, 0.15) is 6.04 Å². The monoisotopic (exact) mass is 388 g/mol. The van der Waals surface area contributed by atoms with E-state index in [1.54, 1.807) is 37.3 Å². The lowest BCUT2D eigenvalue weighted by Crippen LogP contribution is -2.45. The summed E-state index contributed by atoms with van der Waals surface area (Å²) in [7, 11) is -3.70. The van der Waals surface area contributed by atoms with E-state index in [0.29, 0.717) is 16.9 Å². The third-order valence-electron chi connectivity index (χ3n) is 4.23. The summed E-state index contributed by atoms with van der Waals surface area (Å²) < 4.78 is 26.0. The quantitative estimate of drug-likeness (QED) is 0.770. The van der Waals surface area contributed by atoms with Crippen LogP contribution in [0.4, 0.5) is 11.4 Å². The zero-order valence-corrected chi connectivity index (χ0v) is 16.9. The number of carbonyl (C=O) groups is 2. The minimum atomic E-state index is -3.70. The Labute approximate surface area is 160 Å². The molecule has 0 aliphatic carbocycles. The van der Waals surface area contributed by atoms with Crippen molar-refractivity contribution in [1.29, 1.82) is 0 Å². The number of amides is 1. The maximum Gasteiger partial charge on any atom is 0.247 e. The molecule has 0 radical (unpaired) electrons. The first-order valence-electron chi connectivity index (χ1n) is 8.49. The molecule has 6 nitrogen and oxygen atoms in total. The van der Waals surface area contributed by atoms with Gasteiger partial charge in [0, 0.05) is 11.3 Å². The van der Waals surface area contributed by atoms with Gasteiger partial charge in [0.2, 0.25) is 15.9 Å². The second kappa shape index (κ2) is 7.92. The van der Waals surface area contributed by atoms with Crippen LogP contribution in [0, 0.1) is 13.8 Å². The Morgan fingerprint density at radius 3 is 2.33 bits per heavy atom. The highest BCUT2D eigenvalue weighted by molar-refractivity contribution is 7.92. The molecule has 7 heteroatoms. The lowest BCUT2D eigenvalue weighted by Gasteiger charge is -2.29. The normalized spacial score (nSPS) is 12.3. The van der Waals surface area contributed by atoms with Gasteiger partial charge in [-0.25, -0.2) is 8.42 Å². The van der Waals surface area contributed by atoms with E-state index >= 15 is 0 Å². The second-order valence-corrected chi connectivity index (χ2v) is 8.51. The highest BCUT2D eigenvalue weighted by Crippen LogP contribution is 2.26. The molecule has 0 unspecified atom stereocenters. The fraction of sp³-hybridized carbons (Fsp3) is 0.300. The Morgan fingerprint density at radius 2 is 1.74 bits per heavy atom. The summed E-state index contributed by atoms with van der Waals surface area (Å²) in [6.07, 6.45) is 1.08. The van der Waals surface area contributed by atoms with Crippen molar-refractivity contribution in [2.24, 2.45) is 0 Å². The van der Waals surface area contributed by atoms with Crippen LogP contribution in [0.25, 0.3) is 0 Å². The number of Topliss-reactive ketones (excluding diaryl/α,β-unsaturated/α-hetero) is 1. The van der Waals surface area contributed by atoms with Gasteiger partial charge in [-0.3, -0.25) is 13.9 Å². The number of rotatable bonds is 6. The second-order valence-electron chi connectivity index (χ2n) is 6.65. The van der Waals surface area contributed by atoms with Gasteiger partial charge in [-0.15, -0.1) is 0 Å². The zero-order chi connectivity index (χ0) is 20.4. The predicted octanol–water partition coefficient (Wildman–Crippen LogP) is 3.30. The van der Waals surface area contributed by atoms with Crippen LogP contribution in [-0.4, -0.2) is 32.4 Å². The Hall–Kier alpha value is -2.67. The van der Waals surface area contributed by atoms with E-state index in [2.05, 4.69) is 5.32 Å². The summed E-state index contributed by atoms with van der Waals surface area (Å²) in [4.78, 5) is 24.3. The number of carbonyl (C=O) groups excluding carboxylic acids is 2. The van der Waals surface area contributed by atoms with Gasteiger partial charge in [0.05, 0.1) is 11.9 Å². The summed E-state index contributed by atoms with van der Waals surface area (Å²) in [6.45, 7) is 6.64. The van der Waals surface area contributed by atoms with Crippen molar-refractivity contribution in [3.05, 3.63) is 59.2 Å². The molecule has 0 aromatic heterocycles. The molecule has 0 fully saturated rings. The molecule has 0 aliphatic heterocycles. The van der Waals surface area contributed by atoms with Gasteiger partial charge < -0.3 is 5.32 Å². The van der Waals surface area contributed by atoms with Gasteiger partial charge in [0.15, 0.2) is 5.78 Å². The van der Waals surface area contributed by atoms with Crippen molar-refractivity contribution in [1.82, 2.24) is 0 Å². The van der Waals surface area contributed by atoms with Crippen molar-refractivity contribution in [2.75, 3.05) is 15.9 Å². The molecule has 1 atom stereocenters. The third-order valence-corrected chi connectivity index (χ3v) is 5.45. The van der Waals surface area contributed by atoms with Crippen molar-refractivity contribution in [3.8, 4) is 0 Å². The van der Waals surface area contributed by atoms with Gasteiger partial charge in [-0.2, -0.15) is 0 Å². The number of hydrogen-bond donors (Lipinski definition) is 1. The maximum absolute atomic E-state index is 12.7. The smallest absolute Gasteiger partial charge is 0.247 e. The highest BCUT2D eigenvalue weighted by Gasteiger charge is 2.30. The fourth-order valence-electron chi connectivity index (χ4n) is 2.80. The summed E-state index contributed by atoms with van der Waals surface area (Å²) >= 11 is 0. The van der Waals surface area contributed by atoms with Crippen LogP contribution >= 0.6 is 0 Å². The molecule has 0 heterocycles. The van der Waals surface area contributed by atoms with Crippen molar-refractivity contribution in [2.45, 2.75) is 33.7 Å². The number of benzene rings is 2. The number of ketones is 1. The number of aryl methyl sites for hydroxylation is 2. The molecule has 1 amide bonds. The number of nitrogens with zero attached hydrogens (tertiary/aromatic N) is 1. The lowest BCUT2D eigenvalue weighted by molar-refractivity contribution is -0.116. The molecular weight excluding hydrogens is 364 g/mol. The van der Waals surface area contributed by atoms with E-state index in [4.69, 9.17) is 0 Å². The van der Waals surface area contributed by atoms with E-state index in [0.717, 1.165) is 21.7 Å². The lowest BCUT2D eigenvalue weighted by atomic mass is 10.1. The minimum absolute atomic E-state index is 0.118. The first-order valence-corrected chi connectivity index (χ1v) is 10.3. The van der Waals surface area contributed by atoms with Crippen molar-refractivity contribution in [3.63, 3.8) is 0 Å². The Kier molecular flexibility index (Phi) is 6.05. The van der Waals surface area contributed by atoms with Crippen LogP contribution < -0.4 is 9.62 Å². The Balaban J connectivity index is 2.37. The zero-order valence-electron chi connectivity index (χ0n) is 16.1. The van der Waals surface area contributed by atoms with E-state index in [9.17, 15) is 18.0 Å². The molecule has 2 aromatic rings. The first kappa shape index (κ1) is 20.6. The van der Waals surface area contributed by atoms with Crippen LogP contribution in [0.1, 0.15) is 35.3 Å². The van der Waals surface area contributed by atoms with Crippen LogP contribution in [0.2, 0.25) is 0 Å². The van der Waals surface area contributed by atoms with E-state index in [-0.39, 0.29) is 5.78 Å². The summed E-state index contributed by atoms with van der Waals surface area (Å²) in [5, 5.41) is 2.70. The topological polar surface area (TPSA) is 83.6 Å². The average Bonchev–Trinajstić information content (AvgIpc) is 2.57. The van der Waals surface area contributed by atoms with Crippen LogP contribution in [0.3, 0.4) is 0 Å². The summed E-state index contributed by atoms with van der Waals surface area (Å²) in [6, 6.07) is 11.0. The molecule has 2 rings (SSSR count). The van der Waals surface area contributed by atoms with Gasteiger partial charge in [-0.05, 0) is 57.0 Å². The predicted molar refractivity (Wildman–Crippen MR) is 108 cm³/mol. The number of hydrogen-bond acceptors (Lipinski definition) is 4. The minimum Gasteiger partial charge on any atom is -0.324 e. The van der Waals surface area contributed by atoms with Crippen LogP contribution in [0.5, 0.6) is 0 Å². The number of sulfonamides is 1. The molecule has 1 N–H and O–H groups in total. The van der Waals surface area contributed by atoms with E-state index < -0.39 is 22.0 Å². The standard InChI is InChI=1S/C20H24N2O4S/c1-13-9-10-14(2)19(11-13)22(27(5,25)26)15(3)20(24)21-18-8-6-7-17(12-18)16(4)23/h6-12,15H,1-5H3,(H,21,24)/t15-/m1/s1. The molecule has 144 valence electrons. The average molecular weight is 388 g/mol. The van der Waals surface area contributed by atoms with Crippen molar-refractivity contribution < 1.29 is 18.0 Å². The Morgan fingerprint density at radius 1 is 1.07 bits per heavy atom. The first-order chi connectivity index (χ1) is 12.5. The molecule has 2 aromatic carbocycles. The molecule has 0 bridgehead atoms. The van der Waals surface area contributed by atoms with Crippen LogP contribution in [-0.2, 0) is 14.8 Å². The van der Waals surface area contributed by atoms with Gasteiger partial charge >= 0.3 is 0 Å².